The van der Waals surface area contributed by atoms with Gasteiger partial charge in [-0.25, -0.2) is 0 Å². The molecule has 1 N–H and O–H groups in total. The molecule has 0 amide bonds. The Balaban J connectivity index is 0.00000140. The Morgan fingerprint density at radius 2 is 1.75 bits per heavy atom. The number of aliphatic imine (C=N–C) groups is 2. The second-order valence-corrected chi connectivity index (χ2v) is 9.69. The highest BCUT2D eigenvalue weighted by Crippen LogP contribution is 2.31. The third-order valence-corrected chi connectivity index (χ3v) is 7.75. The Hall–Kier alpha value is -0.0400. The van der Waals surface area contributed by atoms with E-state index in [1.165, 1.54) is 86.7 Å². The molecule has 0 unspecified atom stereocenters. The fourth-order valence-electron chi connectivity index (χ4n) is 4.32. The standard InChI is InChI=1S/C20H32N4S2.2ClH/c1-2-5-9-16(8-4-1)22-19(23-17-10-6-3-7-11-17)25-14-18-15-26-20-21-12-13-24(18)20;;/h15-17H,1-14H2,(H,22,23);2*1H. The minimum absolute atomic E-state index is 0. The number of hydrogen-bond donors (Lipinski definition) is 1. The largest absolute Gasteiger partial charge is 0.362 e. The first-order valence-electron chi connectivity index (χ1n) is 10.5. The quantitative estimate of drug-likeness (QED) is 0.322. The van der Waals surface area contributed by atoms with Gasteiger partial charge in [-0.15, -0.1) is 24.8 Å². The summed E-state index contributed by atoms with van der Waals surface area (Å²) in [7, 11) is 0. The highest BCUT2D eigenvalue weighted by Gasteiger charge is 2.26. The fraction of sp³-hybridized carbons (Fsp3) is 0.800. The first-order valence-corrected chi connectivity index (χ1v) is 12.4. The molecule has 4 nitrogen and oxygen atoms in total. The maximum atomic E-state index is 5.22. The van der Waals surface area contributed by atoms with Crippen molar-refractivity contribution in [3.8, 4) is 0 Å². The van der Waals surface area contributed by atoms with E-state index in [-0.39, 0.29) is 24.8 Å². The number of fused-ring (bicyclic) bond motifs is 1. The molecule has 0 saturated heterocycles. The Kier molecular flexibility index (Phi) is 10.9. The van der Waals surface area contributed by atoms with Crippen molar-refractivity contribution in [2.45, 2.75) is 82.7 Å². The molecule has 0 radical (unpaired) electrons. The summed E-state index contributed by atoms with van der Waals surface area (Å²) in [6.45, 7) is 2.01. The number of nitrogens with zero attached hydrogens (tertiary/aromatic N) is 3. The summed E-state index contributed by atoms with van der Waals surface area (Å²) in [6, 6.07) is 1.17. The fourth-order valence-corrected chi connectivity index (χ4v) is 6.38. The summed E-state index contributed by atoms with van der Waals surface area (Å²) in [4.78, 5) is 12.2. The van der Waals surface area contributed by atoms with Gasteiger partial charge >= 0.3 is 0 Å². The normalized spacial score (nSPS) is 23.9. The zero-order chi connectivity index (χ0) is 17.6. The van der Waals surface area contributed by atoms with Gasteiger partial charge in [-0.3, -0.25) is 9.98 Å². The SMILES string of the molecule is C1=C(CSC(=NC2CCCCCC2)NC2CCCCC2)N2CCN=C2S1.Cl.Cl. The van der Waals surface area contributed by atoms with Gasteiger partial charge in [0.2, 0.25) is 0 Å². The number of halogens is 2. The Bertz CT molecular complexity index is 569. The van der Waals surface area contributed by atoms with E-state index in [0.717, 1.165) is 18.8 Å². The highest BCUT2D eigenvalue weighted by molar-refractivity contribution is 8.17. The van der Waals surface area contributed by atoms with Gasteiger partial charge in [-0.2, -0.15) is 0 Å². The van der Waals surface area contributed by atoms with Crippen LogP contribution in [0.2, 0.25) is 0 Å². The molecule has 0 aromatic heterocycles. The molecule has 2 fully saturated rings. The number of hydrogen-bond acceptors (Lipinski definition) is 5. The zero-order valence-corrected chi connectivity index (χ0v) is 19.9. The minimum atomic E-state index is 0. The lowest BCUT2D eigenvalue weighted by atomic mass is 9.96. The van der Waals surface area contributed by atoms with Crippen LogP contribution in [0.15, 0.2) is 21.1 Å². The van der Waals surface area contributed by atoms with E-state index in [4.69, 9.17) is 4.99 Å². The molecule has 0 aromatic rings. The van der Waals surface area contributed by atoms with Crippen molar-refractivity contribution < 1.29 is 0 Å². The second kappa shape index (κ2) is 12.6. The van der Waals surface area contributed by atoms with E-state index < -0.39 is 0 Å². The van der Waals surface area contributed by atoms with Gasteiger partial charge in [0.1, 0.15) is 0 Å². The molecule has 8 heteroatoms. The lowest BCUT2D eigenvalue weighted by Gasteiger charge is -2.25. The smallest absolute Gasteiger partial charge is 0.167 e. The monoisotopic (exact) mass is 464 g/mol. The molecule has 2 heterocycles. The van der Waals surface area contributed by atoms with Crippen LogP contribution in [0.4, 0.5) is 0 Å². The predicted molar refractivity (Wildman–Crippen MR) is 131 cm³/mol. The third-order valence-electron chi connectivity index (χ3n) is 5.86. The van der Waals surface area contributed by atoms with Crippen molar-refractivity contribution in [1.82, 2.24) is 10.2 Å². The van der Waals surface area contributed by atoms with E-state index in [1.807, 2.05) is 11.8 Å². The summed E-state index contributed by atoms with van der Waals surface area (Å²) < 4.78 is 0. The van der Waals surface area contributed by atoms with Crippen molar-refractivity contribution in [3.05, 3.63) is 11.1 Å². The topological polar surface area (TPSA) is 40.0 Å². The van der Waals surface area contributed by atoms with Crippen LogP contribution in [0.25, 0.3) is 0 Å². The number of thioether (sulfide) groups is 2. The lowest BCUT2D eigenvalue weighted by Crippen LogP contribution is -2.36. The second-order valence-electron chi connectivity index (χ2n) is 7.89. The molecule has 0 spiro atoms. The van der Waals surface area contributed by atoms with Crippen LogP contribution >= 0.6 is 48.3 Å². The number of nitrogens with one attached hydrogen (secondary N) is 1. The zero-order valence-electron chi connectivity index (χ0n) is 16.6. The molecule has 28 heavy (non-hydrogen) atoms. The van der Waals surface area contributed by atoms with Crippen molar-refractivity contribution in [1.29, 1.82) is 0 Å². The molecule has 2 saturated carbocycles. The summed E-state index contributed by atoms with van der Waals surface area (Å²) in [5.74, 6) is 1.01. The van der Waals surface area contributed by atoms with Crippen LogP contribution < -0.4 is 5.32 Å². The van der Waals surface area contributed by atoms with E-state index in [2.05, 4.69) is 20.6 Å². The first kappa shape index (κ1) is 24.2. The molecule has 0 bridgehead atoms. The minimum Gasteiger partial charge on any atom is -0.362 e. The Labute approximate surface area is 191 Å². The van der Waals surface area contributed by atoms with E-state index in [9.17, 15) is 0 Å². The van der Waals surface area contributed by atoms with Gasteiger partial charge in [0.15, 0.2) is 10.3 Å². The molecule has 4 rings (SSSR count). The molecule has 160 valence electrons. The third kappa shape index (κ3) is 6.75. The van der Waals surface area contributed by atoms with Gasteiger partial charge in [0.25, 0.3) is 0 Å². The molecule has 0 aromatic carbocycles. The summed E-state index contributed by atoms with van der Waals surface area (Å²) in [6.07, 6.45) is 14.8. The van der Waals surface area contributed by atoms with Crippen molar-refractivity contribution in [2.75, 3.05) is 18.8 Å². The number of amidine groups is 2. The van der Waals surface area contributed by atoms with Crippen LogP contribution in [-0.4, -0.2) is 46.2 Å². The van der Waals surface area contributed by atoms with Crippen LogP contribution in [0.1, 0.15) is 70.6 Å². The molecule has 4 aliphatic rings. The van der Waals surface area contributed by atoms with Gasteiger partial charge in [-0.1, -0.05) is 68.5 Å². The van der Waals surface area contributed by atoms with E-state index in [1.54, 1.807) is 11.8 Å². The summed E-state index contributed by atoms with van der Waals surface area (Å²) in [5.41, 5.74) is 1.41. The van der Waals surface area contributed by atoms with Gasteiger partial charge in [0, 0.05) is 24.0 Å². The van der Waals surface area contributed by atoms with Gasteiger partial charge < -0.3 is 10.2 Å². The van der Waals surface area contributed by atoms with Crippen LogP contribution in [0.3, 0.4) is 0 Å². The van der Waals surface area contributed by atoms with Crippen molar-refractivity contribution in [3.63, 3.8) is 0 Å². The Morgan fingerprint density at radius 3 is 2.50 bits per heavy atom. The van der Waals surface area contributed by atoms with E-state index in [0.29, 0.717) is 12.1 Å². The average Bonchev–Trinajstić information content (AvgIpc) is 3.18. The van der Waals surface area contributed by atoms with Crippen molar-refractivity contribution >= 4 is 58.7 Å². The average molecular weight is 466 g/mol. The molecular weight excluding hydrogens is 431 g/mol. The van der Waals surface area contributed by atoms with Gasteiger partial charge in [-0.05, 0) is 31.1 Å². The summed E-state index contributed by atoms with van der Waals surface area (Å²) in [5, 5.41) is 8.53. The van der Waals surface area contributed by atoms with Crippen molar-refractivity contribution in [2.24, 2.45) is 9.98 Å². The van der Waals surface area contributed by atoms with Gasteiger partial charge in [0.05, 0.1) is 12.6 Å². The number of rotatable bonds is 4. The lowest BCUT2D eigenvalue weighted by molar-refractivity contribution is 0.414. The molecule has 2 aliphatic carbocycles. The summed E-state index contributed by atoms with van der Waals surface area (Å²) >= 11 is 3.71. The first-order chi connectivity index (χ1) is 12.9. The molecule has 2 aliphatic heterocycles. The molecule has 0 atom stereocenters. The predicted octanol–water partition coefficient (Wildman–Crippen LogP) is 5.82. The maximum absolute atomic E-state index is 5.22. The van der Waals surface area contributed by atoms with Crippen LogP contribution in [0.5, 0.6) is 0 Å². The maximum Gasteiger partial charge on any atom is 0.167 e. The van der Waals surface area contributed by atoms with Crippen LogP contribution in [0, 0.1) is 0 Å². The molecular formula is C20H34Cl2N4S2. The highest BCUT2D eigenvalue weighted by atomic mass is 35.5. The Morgan fingerprint density at radius 1 is 1.07 bits per heavy atom. The van der Waals surface area contributed by atoms with Crippen LogP contribution in [-0.2, 0) is 0 Å². The van der Waals surface area contributed by atoms with E-state index >= 15 is 0 Å².